The molecule has 2 saturated heterocycles. The molecule has 144 valence electrons. The van der Waals surface area contributed by atoms with Crippen molar-refractivity contribution < 1.29 is 18.7 Å². The number of carbonyl (C=O) groups excluding carboxylic acids is 2. The maximum Gasteiger partial charge on any atom is 0.223 e. The standard InChI is InChI=1S/C20H24N2O4S/c23-18-7-12-25-20(14-21-18)8-10-22(11-9-20)19(24)6-4-15-3-5-16(26-15)17-2-1-13-27-17/h1-3,5,13H,4,6-12,14H2,(H,21,23). The zero-order valence-corrected chi connectivity index (χ0v) is 16.1. The van der Waals surface area contributed by atoms with Gasteiger partial charge in [-0.1, -0.05) is 6.07 Å². The predicted octanol–water partition coefficient (Wildman–Crippen LogP) is 2.84. The van der Waals surface area contributed by atoms with Crippen molar-refractivity contribution in [2.24, 2.45) is 0 Å². The van der Waals surface area contributed by atoms with Gasteiger partial charge in [-0.2, -0.15) is 0 Å². The Morgan fingerprint density at radius 3 is 2.89 bits per heavy atom. The summed E-state index contributed by atoms with van der Waals surface area (Å²) in [6, 6.07) is 7.95. The third-order valence-corrected chi connectivity index (χ3v) is 6.27. The molecule has 1 spiro atoms. The Balaban J connectivity index is 1.27. The van der Waals surface area contributed by atoms with E-state index in [1.165, 1.54) is 0 Å². The average molecular weight is 388 g/mol. The molecule has 0 radical (unpaired) electrons. The van der Waals surface area contributed by atoms with Crippen LogP contribution in [0.25, 0.3) is 10.6 Å². The van der Waals surface area contributed by atoms with E-state index in [0.29, 0.717) is 45.5 Å². The number of thiophene rings is 1. The number of nitrogens with zero attached hydrogens (tertiary/aromatic N) is 1. The molecule has 4 heterocycles. The maximum absolute atomic E-state index is 12.6. The number of nitrogens with one attached hydrogen (secondary N) is 1. The molecule has 0 atom stereocenters. The normalized spacial score (nSPS) is 19.7. The second kappa shape index (κ2) is 7.86. The van der Waals surface area contributed by atoms with Crippen molar-refractivity contribution >= 4 is 23.2 Å². The fourth-order valence-corrected chi connectivity index (χ4v) is 4.38. The van der Waals surface area contributed by atoms with E-state index in [2.05, 4.69) is 5.32 Å². The Morgan fingerprint density at radius 1 is 1.26 bits per heavy atom. The van der Waals surface area contributed by atoms with Gasteiger partial charge in [0.15, 0.2) is 0 Å². The minimum Gasteiger partial charge on any atom is -0.460 e. The molecule has 0 aliphatic carbocycles. The van der Waals surface area contributed by atoms with Crippen LogP contribution in [0, 0.1) is 0 Å². The van der Waals surface area contributed by atoms with Gasteiger partial charge in [0.25, 0.3) is 0 Å². The Kier molecular flexibility index (Phi) is 5.31. The molecule has 27 heavy (non-hydrogen) atoms. The van der Waals surface area contributed by atoms with E-state index in [-0.39, 0.29) is 17.4 Å². The van der Waals surface area contributed by atoms with Crippen molar-refractivity contribution in [3.8, 4) is 10.6 Å². The molecule has 6 nitrogen and oxygen atoms in total. The smallest absolute Gasteiger partial charge is 0.223 e. The van der Waals surface area contributed by atoms with E-state index < -0.39 is 0 Å². The largest absolute Gasteiger partial charge is 0.460 e. The molecule has 0 unspecified atom stereocenters. The summed E-state index contributed by atoms with van der Waals surface area (Å²) in [5.74, 6) is 1.90. The number of furan rings is 1. The summed E-state index contributed by atoms with van der Waals surface area (Å²) in [5, 5.41) is 4.95. The van der Waals surface area contributed by atoms with Crippen LogP contribution in [0.3, 0.4) is 0 Å². The lowest BCUT2D eigenvalue weighted by Crippen LogP contribution is -2.52. The van der Waals surface area contributed by atoms with Gasteiger partial charge in [0, 0.05) is 38.9 Å². The van der Waals surface area contributed by atoms with Crippen LogP contribution in [0.4, 0.5) is 0 Å². The van der Waals surface area contributed by atoms with E-state index >= 15 is 0 Å². The summed E-state index contributed by atoms with van der Waals surface area (Å²) in [7, 11) is 0. The fraction of sp³-hybridized carbons (Fsp3) is 0.500. The fourth-order valence-electron chi connectivity index (χ4n) is 3.70. The molecular weight excluding hydrogens is 364 g/mol. The summed E-state index contributed by atoms with van der Waals surface area (Å²) >= 11 is 1.64. The summed E-state index contributed by atoms with van der Waals surface area (Å²) in [5.41, 5.74) is -0.306. The predicted molar refractivity (Wildman–Crippen MR) is 102 cm³/mol. The maximum atomic E-state index is 12.6. The highest BCUT2D eigenvalue weighted by Crippen LogP contribution is 2.29. The monoisotopic (exact) mass is 388 g/mol. The number of piperidine rings is 1. The first-order chi connectivity index (χ1) is 13.1. The first kappa shape index (κ1) is 18.3. The summed E-state index contributed by atoms with van der Waals surface area (Å²) in [4.78, 5) is 27.1. The molecule has 1 N–H and O–H groups in total. The van der Waals surface area contributed by atoms with Crippen molar-refractivity contribution in [3.05, 3.63) is 35.4 Å². The number of ether oxygens (including phenoxy) is 1. The minimum atomic E-state index is -0.306. The SMILES string of the molecule is O=C1CCOC2(CCN(C(=O)CCc3ccc(-c4cccs4)o3)CC2)CN1. The lowest BCUT2D eigenvalue weighted by atomic mass is 9.90. The van der Waals surface area contributed by atoms with Gasteiger partial charge in [0.1, 0.15) is 11.5 Å². The van der Waals surface area contributed by atoms with Gasteiger partial charge in [0.05, 0.1) is 17.1 Å². The van der Waals surface area contributed by atoms with Crippen molar-refractivity contribution in [2.75, 3.05) is 26.2 Å². The van der Waals surface area contributed by atoms with E-state index in [9.17, 15) is 9.59 Å². The lowest BCUT2D eigenvalue weighted by Gasteiger charge is -2.40. The van der Waals surface area contributed by atoms with Crippen LogP contribution in [0.2, 0.25) is 0 Å². The van der Waals surface area contributed by atoms with Crippen LogP contribution in [-0.4, -0.2) is 48.6 Å². The Bertz CT molecular complexity index is 791. The highest BCUT2D eigenvalue weighted by Gasteiger charge is 2.38. The average Bonchev–Trinajstić information content (AvgIpc) is 3.34. The van der Waals surface area contributed by atoms with Gasteiger partial charge in [-0.05, 0) is 36.4 Å². The quantitative estimate of drug-likeness (QED) is 0.874. The second-order valence-corrected chi connectivity index (χ2v) is 8.13. The van der Waals surface area contributed by atoms with Gasteiger partial charge in [-0.25, -0.2) is 0 Å². The van der Waals surface area contributed by atoms with Gasteiger partial charge < -0.3 is 19.4 Å². The van der Waals surface area contributed by atoms with Crippen LogP contribution in [0.1, 0.15) is 31.4 Å². The van der Waals surface area contributed by atoms with Crippen LogP contribution >= 0.6 is 11.3 Å². The molecule has 2 amide bonds. The topological polar surface area (TPSA) is 71.8 Å². The highest BCUT2D eigenvalue weighted by molar-refractivity contribution is 7.13. The number of likely N-dealkylation sites (tertiary alicyclic amines) is 1. The van der Waals surface area contributed by atoms with Crippen LogP contribution in [0.15, 0.2) is 34.1 Å². The molecule has 4 rings (SSSR count). The second-order valence-electron chi connectivity index (χ2n) is 7.18. The number of carbonyl (C=O) groups is 2. The molecule has 7 heteroatoms. The molecule has 2 aliphatic rings. The lowest BCUT2D eigenvalue weighted by molar-refractivity contribution is -0.137. The number of hydrogen-bond donors (Lipinski definition) is 1. The Labute approximate surface area is 162 Å². The molecule has 2 aliphatic heterocycles. The zero-order chi connectivity index (χ0) is 18.7. The first-order valence-corrected chi connectivity index (χ1v) is 10.3. The Hall–Kier alpha value is -2.12. The number of hydrogen-bond acceptors (Lipinski definition) is 5. The minimum absolute atomic E-state index is 0.0470. The highest BCUT2D eigenvalue weighted by atomic mass is 32.1. The zero-order valence-electron chi connectivity index (χ0n) is 15.2. The molecule has 2 aromatic heterocycles. The van der Waals surface area contributed by atoms with Crippen molar-refractivity contribution in [2.45, 2.75) is 37.7 Å². The van der Waals surface area contributed by atoms with Gasteiger partial charge in [-0.15, -0.1) is 11.3 Å². The van der Waals surface area contributed by atoms with Crippen LogP contribution in [0.5, 0.6) is 0 Å². The van der Waals surface area contributed by atoms with Crippen molar-refractivity contribution in [3.63, 3.8) is 0 Å². The van der Waals surface area contributed by atoms with E-state index in [1.54, 1.807) is 11.3 Å². The van der Waals surface area contributed by atoms with E-state index in [4.69, 9.17) is 9.15 Å². The molecule has 0 bridgehead atoms. The Morgan fingerprint density at radius 2 is 2.11 bits per heavy atom. The van der Waals surface area contributed by atoms with Gasteiger partial charge in [0.2, 0.25) is 11.8 Å². The number of aryl methyl sites for hydroxylation is 1. The number of rotatable bonds is 4. The van der Waals surface area contributed by atoms with Crippen molar-refractivity contribution in [1.29, 1.82) is 0 Å². The molecule has 2 fully saturated rings. The van der Waals surface area contributed by atoms with Gasteiger partial charge >= 0.3 is 0 Å². The number of amides is 2. The molecule has 0 aromatic carbocycles. The third kappa shape index (κ3) is 4.25. The first-order valence-electron chi connectivity index (χ1n) is 9.45. The molecule has 2 aromatic rings. The molecule has 0 saturated carbocycles. The van der Waals surface area contributed by atoms with Crippen LogP contribution in [-0.2, 0) is 20.7 Å². The van der Waals surface area contributed by atoms with E-state index in [1.807, 2.05) is 34.5 Å². The van der Waals surface area contributed by atoms with Gasteiger partial charge in [-0.3, -0.25) is 9.59 Å². The van der Waals surface area contributed by atoms with Crippen molar-refractivity contribution in [1.82, 2.24) is 10.2 Å². The summed E-state index contributed by atoms with van der Waals surface area (Å²) in [6.45, 7) is 2.36. The third-order valence-electron chi connectivity index (χ3n) is 5.38. The summed E-state index contributed by atoms with van der Waals surface area (Å²) < 4.78 is 11.8. The van der Waals surface area contributed by atoms with Crippen LogP contribution < -0.4 is 5.32 Å². The molecular formula is C20H24N2O4S. The van der Waals surface area contributed by atoms with E-state index in [0.717, 1.165) is 29.2 Å². The summed E-state index contributed by atoms with van der Waals surface area (Å²) in [6.07, 6.45) is 3.01.